The number of para-hydroxylation sites is 2. The zero-order valence-corrected chi connectivity index (χ0v) is 27.8. The molecule has 3 heterocycles. The molecule has 0 N–H and O–H groups in total. The van der Waals surface area contributed by atoms with E-state index in [1.54, 1.807) is 0 Å². The number of fused-ring (bicyclic) bond motifs is 10. The van der Waals surface area contributed by atoms with Crippen molar-refractivity contribution in [1.29, 1.82) is 0 Å². The van der Waals surface area contributed by atoms with Crippen LogP contribution in [0.3, 0.4) is 0 Å². The van der Waals surface area contributed by atoms with Gasteiger partial charge in [-0.3, -0.25) is 19.0 Å². The first-order valence-corrected chi connectivity index (χ1v) is 14.9. The van der Waals surface area contributed by atoms with Crippen molar-refractivity contribution < 1.29 is 25.8 Å². The van der Waals surface area contributed by atoms with Gasteiger partial charge in [-0.15, -0.1) is 53.6 Å². The number of rotatable bonds is 3. The number of benzene rings is 5. The second-order valence-electron chi connectivity index (χ2n) is 11.3. The molecule has 0 unspecified atom stereocenters. The molecule has 0 saturated carbocycles. The number of aromatic nitrogens is 4. The molecule has 0 radical (unpaired) electrons. The standard InChI is InChI=1S/C39H29N5O.Pt/c1-26-20-27(2)37(28(3)21-26)43-25-35-30-13-11-19-34(23-30)45-39-41-36(24-42(39)31-14-6-4-7-15-31)29-12-10-18-33(22-29)44(38(43)40-35)32-16-8-5-9-17-32;/h4-21,24-25H,1-3H3;/q-2;+2. The fourth-order valence-corrected chi connectivity index (χ4v) is 6.14. The van der Waals surface area contributed by atoms with Crippen LogP contribution in [-0.4, -0.2) is 19.1 Å². The van der Waals surface area contributed by atoms with Crippen LogP contribution >= 0.6 is 0 Å². The Morgan fingerprint density at radius 1 is 0.609 bits per heavy atom. The van der Waals surface area contributed by atoms with Crippen LogP contribution in [0.5, 0.6) is 11.8 Å². The van der Waals surface area contributed by atoms with E-state index >= 15 is 0 Å². The summed E-state index contributed by atoms with van der Waals surface area (Å²) in [5.41, 5.74) is 10.6. The number of hydrogen-bond acceptors (Lipinski definition) is 4. The molecule has 6 nitrogen and oxygen atoms in total. The van der Waals surface area contributed by atoms with Gasteiger partial charge in [0, 0.05) is 28.5 Å². The van der Waals surface area contributed by atoms with Gasteiger partial charge in [0.25, 0.3) is 6.01 Å². The molecule has 0 spiro atoms. The van der Waals surface area contributed by atoms with Crippen LogP contribution in [-0.2, 0) is 21.1 Å². The molecule has 5 aromatic carbocycles. The van der Waals surface area contributed by atoms with Crippen LogP contribution < -0.4 is 9.64 Å². The van der Waals surface area contributed by atoms with E-state index in [9.17, 15) is 0 Å². The first kappa shape index (κ1) is 29.5. The van der Waals surface area contributed by atoms with Crippen molar-refractivity contribution >= 4 is 17.3 Å². The second-order valence-corrected chi connectivity index (χ2v) is 11.3. The Hall–Kier alpha value is -5.19. The van der Waals surface area contributed by atoms with E-state index < -0.39 is 0 Å². The van der Waals surface area contributed by atoms with E-state index in [2.05, 4.69) is 78.9 Å². The normalized spacial score (nSPS) is 11.8. The number of ether oxygens (including phenoxy) is 1. The fourth-order valence-electron chi connectivity index (χ4n) is 6.14. The van der Waals surface area contributed by atoms with Gasteiger partial charge in [-0.2, -0.15) is 0 Å². The topological polar surface area (TPSA) is 48.1 Å². The predicted molar refractivity (Wildman–Crippen MR) is 178 cm³/mol. The quantitative estimate of drug-likeness (QED) is 0.168. The molecule has 0 amide bonds. The van der Waals surface area contributed by atoms with E-state index in [0.717, 1.165) is 51.2 Å². The minimum Gasteiger partial charge on any atom is -0.446 e. The molecule has 0 fully saturated rings. The van der Waals surface area contributed by atoms with Crippen molar-refractivity contribution in [3.8, 4) is 45.6 Å². The maximum atomic E-state index is 6.44. The van der Waals surface area contributed by atoms with Crippen LogP contribution in [0, 0.1) is 32.9 Å². The Balaban J connectivity index is 0.00000338. The maximum Gasteiger partial charge on any atom is 2.00 e. The molecule has 226 valence electrons. The van der Waals surface area contributed by atoms with Crippen LogP contribution in [0.1, 0.15) is 16.7 Å². The molecule has 2 aromatic heterocycles. The molecule has 0 aliphatic carbocycles. The SMILES string of the molecule is Cc1cc(C)c(-n2cc3nc2N(c2ccccc2)c2[c-]c(ccc2)-c2cn(-c4ccccc4)c(n2)Oc2[c-]c-3ccc2)c(C)c1.[Pt+2]. The molecule has 46 heavy (non-hydrogen) atoms. The summed E-state index contributed by atoms with van der Waals surface area (Å²) < 4.78 is 10.6. The van der Waals surface area contributed by atoms with Crippen molar-refractivity contribution in [2.45, 2.75) is 20.8 Å². The van der Waals surface area contributed by atoms with Gasteiger partial charge in [-0.25, -0.2) is 4.98 Å². The third-order valence-corrected chi connectivity index (χ3v) is 8.03. The van der Waals surface area contributed by atoms with Crippen molar-refractivity contribution in [3.63, 3.8) is 0 Å². The third kappa shape index (κ3) is 5.25. The molecule has 1 aliphatic rings. The zero-order valence-electron chi connectivity index (χ0n) is 25.5. The molecule has 7 heteroatoms. The van der Waals surface area contributed by atoms with Gasteiger partial charge in [-0.05, 0) is 74.2 Å². The van der Waals surface area contributed by atoms with Gasteiger partial charge >= 0.3 is 21.1 Å². The summed E-state index contributed by atoms with van der Waals surface area (Å²) in [7, 11) is 0. The van der Waals surface area contributed by atoms with Gasteiger partial charge in [-0.1, -0.05) is 60.2 Å². The summed E-state index contributed by atoms with van der Waals surface area (Å²) in [6.07, 6.45) is 4.09. The van der Waals surface area contributed by atoms with Crippen molar-refractivity contribution in [1.82, 2.24) is 19.1 Å². The maximum absolute atomic E-state index is 6.44. The molecular weight excluding hydrogens is 750 g/mol. The first-order chi connectivity index (χ1) is 22.0. The molecule has 0 saturated heterocycles. The molecule has 8 rings (SSSR count). The summed E-state index contributed by atoms with van der Waals surface area (Å²) >= 11 is 0. The zero-order chi connectivity index (χ0) is 30.5. The molecular formula is C39H29N5OPt. The molecule has 8 bridgehead atoms. The minimum atomic E-state index is 0. The van der Waals surface area contributed by atoms with Gasteiger partial charge in [0.2, 0.25) is 5.95 Å². The largest absolute Gasteiger partial charge is 2.00 e. The number of hydrogen-bond donors (Lipinski definition) is 0. The Morgan fingerprint density at radius 3 is 1.93 bits per heavy atom. The summed E-state index contributed by atoms with van der Waals surface area (Å²) in [5, 5.41) is 0. The summed E-state index contributed by atoms with van der Waals surface area (Å²) in [4.78, 5) is 12.4. The number of imidazole rings is 2. The molecule has 7 aromatic rings. The average molecular weight is 779 g/mol. The van der Waals surface area contributed by atoms with Gasteiger partial charge in [0.15, 0.2) is 0 Å². The van der Waals surface area contributed by atoms with E-state index in [-0.39, 0.29) is 21.1 Å². The number of nitrogens with zero attached hydrogens (tertiary/aromatic N) is 5. The monoisotopic (exact) mass is 778 g/mol. The smallest absolute Gasteiger partial charge is 0.446 e. The van der Waals surface area contributed by atoms with Crippen LogP contribution in [0.25, 0.3) is 33.9 Å². The number of aryl methyl sites for hydroxylation is 3. The van der Waals surface area contributed by atoms with Crippen molar-refractivity contribution in [2.24, 2.45) is 0 Å². The Bertz CT molecular complexity index is 2160. The van der Waals surface area contributed by atoms with Gasteiger partial charge in [0.1, 0.15) is 0 Å². The summed E-state index contributed by atoms with van der Waals surface area (Å²) in [6.45, 7) is 6.44. The van der Waals surface area contributed by atoms with Crippen LogP contribution in [0.2, 0.25) is 0 Å². The van der Waals surface area contributed by atoms with Crippen molar-refractivity contribution in [2.75, 3.05) is 4.90 Å². The average Bonchev–Trinajstić information content (AvgIpc) is 3.67. The minimum absolute atomic E-state index is 0. The van der Waals surface area contributed by atoms with Gasteiger partial charge < -0.3 is 4.74 Å². The van der Waals surface area contributed by atoms with E-state index in [1.807, 2.05) is 89.6 Å². The van der Waals surface area contributed by atoms with E-state index in [0.29, 0.717) is 11.8 Å². The summed E-state index contributed by atoms with van der Waals surface area (Å²) in [5.74, 6) is 1.29. The fraction of sp³-hybridized carbons (Fsp3) is 0.0769. The second kappa shape index (κ2) is 12.0. The number of anilines is 3. The molecule has 1 aliphatic heterocycles. The predicted octanol–water partition coefficient (Wildman–Crippen LogP) is 9.49. The third-order valence-electron chi connectivity index (χ3n) is 8.03. The Kier molecular flexibility index (Phi) is 7.67. The van der Waals surface area contributed by atoms with Crippen LogP contribution in [0.4, 0.5) is 17.3 Å². The van der Waals surface area contributed by atoms with Crippen molar-refractivity contribution in [3.05, 3.63) is 150 Å². The first-order valence-electron chi connectivity index (χ1n) is 14.9. The summed E-state index contributed by atoms with van der Waals surface area (Å²) in [6, 6.07) is 44.4. The van der Waals surface area contributed by atoms with Crippen LogP contribution in [0.15, 0.2) is 122 Å². The van der Waals surface area contributed by atoms with E-state index in [4.69, 9.17) is 14.7 Å². The van der Waals surface area contributed by atoms with E-state index in [1.165, 1.54) is 16.7 Å². The van der Waals surface area contributed by atoms with Gasteiger partial charge in [0.05, 0.1) is 5.69 Å². The Morgan fingerprint density at radius 2 is 1.22 bits per heavy atom. The Labute approximate surface area is 282 Å². The molecule has 0 atom stereocenters.